The lowest BCUT2D eigenvalue weighted by Crippen LogP contribution is -2.29. The van der Waals surface area contributed by atoms with Crippen molar-refractivity contribution in [1.82, 2.24) is 25.1 Å². The van der Waals surface area contributed by atoms with E-state index in [4.69, 9.17) is 4.74 Å². The SMILES string of the molecule is CC(NC(=O)c1cc(OCC(F)F)cc(C(F)(F)F)c1)c1nc(Br)nn1-c1ccc(OCC(F)F)cn1. The predicted octanol–water partition coefficient (Wildman–Crippen LogP) is 5.22. The summed E-state index contributed by atoms with van der Waals surface area (Å²) in [6.07, 6.45) is -9.31. The maximum atomic E-state index is 13.3. The summed E-state index contributed by atoms with van der Waals surface area (Å²) in [5.74, 6) is -1.19. The van der Waals surface area contributed by atoms with Crippen molar-refractivity contribution < 1.29 is 45.0 Å². The number of alkyl halides is 7. The van der Waals surface area contributed by atoms with Crippen molar-refractivity contribution in [3.8, 4) is 17.3 Å². The molecule has 0 aliphatic rings. The molecule has 0 aliphatic heterocycles. The van der Waals surface area contributed by atoms with E-state index >= 15 is 0 Å². The van der Waals surface area contributed by atoms with E-state index in [1.807, 2.05) is 0 Å². The fraction of sp³-hybridized carbons (Fsp3) is 0.333. The zero-order valence-corrected chi connectivity index (χ0v) is 20.2. The molecule has 0 spiro atoms. The van der Waals surface area contributed by atoms with Gasteiger partial charge in [0.05, 0.1) is 17.8 Å². The highest BCUT2D eigenvalue weighted by Gasteiger charge is 2.32. The minimum absolute atomic E-state index is 0.0699. The highest BCUT2D eigenvalue weighted by atomic mass is 79.9. The lowest BCUT2D eigenvalue weighted by Gasteiger charge is -2.16. The van der Waals surface area contributed by atoms with Crippen molar-refractivity contribution in [3.63, 3.8) is 0 Å². The van der Waals surface area contributed by atoms with Gasteiger partial charge in [-0.1, -0.05) is 0 Å². The molecular formula is C21H17BrF7N5O3. The highest BCUT2D eigenvalue weighted by Crippen LogP contribution is 2.33. The Balaban J connectivity index is 1.83. The Hall–Kier alpha value is -3.43. The van der Waals surface area contributed by atoms with Gasteiger partial charge in [-0.15, -0.1) is 5.10 Å². The van der Waals surface area contributed by atoms with Gasteiger partial charge in [-0.3, -0.25) is 4.79 Å². The van der Waals surface area contributed by atoms with E-state index in [0.29, 0.717) is 12.1 Å². The van der Waals surface area contributed by atoms with Crippen molar-refractivity contribution in [2.75, 3.05) is 13.2 Å². The number of nitrogens with zero attached hydrogens (tertiary/aromatic N) is 4. The van der Waals surface area contributed by atoms with E-state index in [2.05, 4.69) is 41.1 Å². The van der Waals surface area contributed by atoms with Gasteiger partial charge in [-0.25, -0.2) is 27.5 Å². The molecule has 2 heterocycles. The molecule has 1 amide bonds. The summed E-state index contributed by atoms with van der Waals surface area (Å²) < 4.78 is 100. The van der Waals surface area contributed by atoms with Crippen LogP contribution < -0.4 is 14.8 Å². The Morgan fingerprint density at radius 2 is 1.70 bits per heavy atom. The summed E-state index contributed by atoms with van der Waals surface area (Å²) in [7, 11) is 0. The predicted molar refractivity (Wildman–Crippen MR) is 117 cm³/mol. The third-order valence-corrected chi connectivity index (χ3v) is 4.86. The van der Waals surface area contributed by atoms with Crippen LogP contribution in [0.5, 0.6) is 11.5 Å². The second kappa shape index (κ2) is 11.7. The molecule has 1 unspecified atom stereocenters. The number of pyridine rings is 1. The van der Waals surface area contributed by atoms with Crippen LogP contribution in [0, 0.1) is 0 Å². The number of ether oxygens (including phenoxy) is 2. The topological polar surface area (TPSA) is 91.2 Å². The fourth-order valence-corrected chi connectivity index (χ4v) is 3.31. The summed E-state index contributed by atoms with van der Waals surface area (Å²) in [5, 5.41) is 6.56. The zero-order chi connectivity index (χ0) is 27.3. The number of aromatic nitrogens is 4. The molecule has 8 nitrogen and oxygen atoms in total. The Morgan fingerprint density at radius 3 is 2.27 bits per heavy atom. The standard InChI is InChI=1S/C21H17BrF7N5O3/c1-10(18-32-20(22)33-34(18)17-3-2-13(7-30-17)36-8-15(23)24)31-19(35)11-4-12(21(27,28)29)6-14(5-11)37-9-16(25)26/h2-7,10,15-16H,8-9H2,1H3,(H,31,35). The van der Waals surface area contributed by atoms with E-state index < -0.39 is 61.1 Å². The molecule has 0 radical (unpaired) electrons. The number of hydrogen-bond donors (Lipinski definition) is 1. The second-order valence-electron chi connectivity index (χ2n) is 7.35. The molecule has 3 aromatic rings. The Morgan fingerprint density at radius 1 is 1.05 bits per heavy atom. The van der Waals surface area contributed by atoms with E-state index in [-0.39, 0.29) is 22.1 Å². The first-order valence-electron chi connectivity index (χ1n) is 10.3. The number of benzene rings is 1. The van der Waals surface area contributed by atoms with Crippen LogP contribution >= 0.6 is 15.9 Å². The van der Waals surface area contributed by atoms with E-state index in [0.717, 1.165) is 6.07 Å². The highest BCUT2D eigenvalue weighted by molar-refractivity contribution is 9.10. The lowest BCUT2D eigenvalue weighted by molar-refractivity contribution is -0.137. The maximum absolute atomic E-state index is 13.3. The molecular weight excluding hydrogens is 583 g/mol. The quantitative estimate of drug-likeness (QED) is 0.321. The van der Waals surface area contributed by atoms with Gasteiger partial charge in [0, 0.05) is 5.56 Å². The van der Waals surface area contributed by atoms with Crippen LogP contribution in [0.1, 0.15) is 34.7 Å². The van der Waals surface area contributed by atoms with Crippen molar-refractivity contribution in [3.05, 3.63) is 58.2 Å². The Labute approximate surface area is 212 Å². The molecule has 1 N–H and O–H groups in total. The van der Waals surface area contributed by atoms with Crippen LogP contribution in [-0.4, -0.2) is 51.7 Å². The summed E-state index contributed by atoms with van der Waals surface area (Å²) in [6, 6.07) is 3.77. The van der Waals surface area contributed by atoms with E-state index in [1.165, 1.54) is 29.9 Å². The molecule has 0 fully saturated rings. The number of amides is 1. The minimum atomic E-state index is -4.87. The summed E-state index contributed by atoms with van der Waals surface area (Å²) in [5.41, 5.74) is -1.75. The lowest BCUT2D eigenvalue weighted by atomic mass is 10.1. The Kier molecular flexibility index (Phi) is 8.94. The number of nitrogens with one attached hydrogen (secondary N) is 1. The first-order chi connectivity index (χ1) is 17.3. The number of rotatable bonds is 10. The molecule has 200 valence electrons. The fourth-order valence-electron chi connectivity index (χ4n) is 2.97. The van der Waals surface area contributed by atoms with Crippen LogP contribution in [0.3, 0.4) is 0 Å². The maximum Gasteiger partial charge on any atom is 0.416 e. The monoisotopic (exact) mass is 599 g/mol. The third-order valence-electron chi connectivity index (χ3n) is 4.53. The number of hydrogen-bond acceptors (Lipinski definition) is 6. The molecule has 1 atom stereocenters. The molecule has 0 bridgehead atoms. The van der Waals surface area contributed by atoms with Gasteiger partial charge >= 0.3 is 6.18 Å². The summed E-state index contributed by atoms with van der Waals surface area (Å²) in [4.78, 5) is 21.0. The second-order valence-corrected chi connectivity index (χ2v) is 8.06. The van der Waals surface area contributed by atoms with Crippen molar-refractivity contribution in [2.24, 2.45) is 0 Å². The molecule has 0 saturated heterocycles. The van der Waals surface area contributed by atoms with Gasteiger partial charge in [0.25, 0.3) is 18.8 Å². The average molecular weight is 600 g/mol. The molecule has 16 heteroatoms. The van der Waals surface area contributed by atoms with Crippen molar-refractivity contribution >= 4 is 21.8 Å². The van der Waals surface area contributed by atoms with Gasteiger partial charge in [0.15, 0.2) is 11.6 Å². The van der Waals surface area contributed by atoms with Gasteiger partial charge in [0.1, 0.15) is 24.7 Å². The molecule has 0 saturated carbocycles. The smallest absolute Gasteiger partial charge is 0.416 e. The molecule has 0 aliphatic carbocycles. The van der Waals surface area contributed by atoms with E-state index in [9.17, 15) is 35.5 Å². The van der Waals surface area contributed by atoms with E-state index in [1.54, 1.807) is 0 Å². The number of halogens is 8. The number of carbonyl (C=O) groups is 1. The molecule has 2 aromatic heterocycles. The van der Waals surface area contributed by atoms with Crippen LogP contribution in [0.2, 0.25) is 0 Å². The van der Waals surface area contributed by atoms with Gasteiger partial charge in [-0.05, 0) is 53.2 Å². The molecule has 1 aromatic carbocycles. The summed E-state index contributed by atoms with van der Waals surface area (Å²) in [6.45, 7) is -0.518. The molecule has 37 heavy (non-hydrogen) atoms. The number of carbonyl (C=O) groups excluding carboxylic acids is 1. The van der Waals surface area contributed by atoms with Crippen LogP contribution in [0.25, 0.3) is 5.82 Å². The molecule has 3 rings (SSSR count). The summed E-state index contributed by atoms with van der Waals surface area (Å²) >= 11 is 3.09. The largest absolute Gasteiger partial charge is 0.488 e. The van der Waals surface area contributed by atoms with Crippen molar-refractivity contribution in [2.45, 2.75) is 32.0 Å². The van der Waals surface area contributed by atoms with Crippen molar-refractivity contribution in [1.29, 1.82) is 0 Å². The van der Waals surface area contributed by atoms with Crippen LogP contribution in [-0.2, 0) is 6.18 Å². The minimum Gasteiger partial charge on any atom is -0.488 e. The van der Waals surface area contributed by atoms with Gasteiger partial charge in [-0.2, -0.15) is 17.9 Å². The first kappa shape index (κ1) is 28.1. The van der Waals surface area contributed by atoms with Crippen LogP contribution in [0.4, 0.5) is 30.7 Å². The third kappa shape index (κ3) is 7.77. The Bertz CT molecular complexity index is 1220. The van der Waals surface area contributed by atoms with Gasteiger partial charge < -0.3 is 14.8 Å². The normalized spacial score (nSPS) is 12.6. The zero-order valence-electron chi connectivity index (χ0n) is 18.6. The van der Waals surface area contributed by atoms with Gasteiger partial charge in [0.2, 0.25) is 4.73 Å². The van der Waals surface area contributed by atoms with Crippen LogP contribution in [0.15, 0.2) is 41.3 Å². The average Bonchev–Trinajstić information content (AvgIpc) is 3.22. The first-order valence-corrected chi connectivity index (χ1v) is 11.1.